The van der Waals surface area contributed by atoms with Gasteiger partial charge in [0.15, 0.2) is 0 Å². The molecule has 0 radical (unpaired) electrons. The number of nitrogens with zero attached hydrogens (tertiary/aromatic N) is 1. The van der Waals surface area contributed by atoms with Crippen molar-refractivity contribution in [3.63, 3.8) is 0 Å². The van der Waals surface area contributed by atoms with Crippen LogP contribution in [0.15, 0.2) is 11.9 Å². The van der Waals surface area contributed by atoms with Gasteiger partial charge >= 0.3 is 0 Å². The number of hydrogen-bond donors (Lipinski definition) is 7. The summed E-state index contributed by atoms with van der Waals surface area (Å²) in [5, 5.41) is 35.9. The van der Waals surface area contributed by atoms with Crippen molar-refractivity contribution in [3.8, 4) is 11.8 Å². The highest BCUT2D eigenvalue weighted by molar-refractivity contribution is 7.99. The Kier molecular flexibility index (Phi) is 35.3. The van der Waals surface area contributed by atoms with Crippen molar-refractivity contribution in [2.75, 3.05) is 77.4 Å². The molecule has 57 heavy (non-hydrogen) atoms. The molecule has 0 aromatic carbocycles. The van der Waals surface area contributed by atoms with Gasteiger partial charge in [0.2, 0.25) is 11.8 Å². The summed E-state index contributed by atoms with van der Waals surface area (Å²) in [5.41, 5.74) is 6.48. The second-order valence-corrected chi connectivity index (χ2v) is 15.9. The molecule has 15 heteroatoms. The quantitative estimate of drug-likeness (QED) is 0.0204. The molecule has 1 saturated heterocycles. The van der Waals surface area contributed by atoms with E-state index in [4.69, 9.17) is 35.6 Å². The first kappa shape index (κ1) is 52.9. The summed E-state index contributed by atoms with van der Waals surface area (Å²) in [6.45, 7) is 4.62. The van der Waals surface area contributed by atoms with Gasteiger partial charge in [-0.1, -0.05) is 90.4 Å². The fourth-order valence-corrected chi connectivity index (χ4v) is 7.02. The van der Waals surface area contributed by atoms with E-state index in [0.29, 0.717) is 63.1 Å². The van der Waals surface area contributed by atoms with Crippen LogP contribution in [0.2, 0.25) is 0 Å². The zero-order chi connectivity index (χ0) is 41.6. The minimum absolute atomic E-state index is 0.00895. The van der Waals surface area contributed by atoms with E-state index >= 15 is 0 Å². The summed E-state index contributed by atoms with van der Waals surface area (Å²) in [6.07, 6.45) is 20.9. The molecule has 1 fully saturated rings. The van der Waals surface area contributed by atoms with Gasteiger partial charge in [-0.2, -0.15) is 11.8 Å². The number of unbranched alkanes of at least 4 members (excludes halogenated alkanes) is 16. The lowest BCUT2D eigenvalue weighted by molar-refractivity contribution is -0.126. The fraction of sp³-hybridized carbons (Fsp3) is 0.857. The van der Waals surface area contributed by atoms with Crippen molar-refractivity contribution in [2.24, 2.45) is 11.6 Å². The molecule has 9 N–H and O–H groups in total. The van der Waals surface area contributed by atoms with E-state index in [1.165, 1.54) is 93.8 Å². The van der Waals surface area contributed by atoms with Gasteiger partial charge < -0.3 is 55.6 Å². The van der Waals surface area contributed by atoms with Gasteiger partial charge in [0.05, 0.1) is 58.8 Å². The van der Waals surface area contributed by atoms with E-state index < -0.39 is 24.4 Å². The number of aliphatic hydroxyl groups is 3. The fourth-order valence-electron chi connectivity index (χ4n) is 6.10. The van der Waals surface area contributed by atoms with Crippen LogP contribution in [0.1, 0.15) is 129 Å². The van der Waals surface area contributed by atoms with Crippen LogP contribution in [-0.4, -0.2) is 134 Å². The molecule has 1 aliphatic heterocycles. The third-order valence-corrected chi connectivity index (χ3v) is 10.6. The average Bonchev–Trinajstić information content (AvgIpc) is 3.47. The molecule has 4 unspecified atom stereocenters. The van der Waals surface area contributed by atoms with Crippen LogP contribution >= 0.6 is 11.8 Å². The standard InChI is InChI=1S/C42H79N5O9S/c1-2-3-4-5-6-7-8-9-10-11-12-13-14-15-16-17-18-19-20-21-22-39(49)46-31-36(43)32-47(44)24-25-53-26-27-54-28-29-55-34-40(50)45-23-30-57-35-38-42(52)41(51)37(33-48)56-38/h32,37-38,41-42,48,51-52H,2-12,15-31,33-35,43-44H2,1H3,(H,45,50)(H,46,49)/b36-32-. The molecule has 332 valence electrons. The number of amides is 2. The Bertz CT molecular complexity index is 1080. The molecule has 4 atom stereocenters. The molecule has 0 aromatic heterocycles. The lowest BCUT2D eigenvalue weighted by atomic mass is 10.1. The third kappa shape index (κ3) is 31.5. The summed E-state index contributed by atoms with van der Waals surface area (Å²) >= 11 is 1.47. The van der Waals surface area contributed by atoms with Crippen LogP contribution in [0, 0.1) is 11.8 Å². The van der Waals surface area contributed by atoms with Crippen LogP contribution < -0.4 is 22.2 Å². The molecule has 1 aliphatic rings. The number of rotatable bonds is 38. The Morgan fingerprint density at radius 3 is 1.89 bits per heavy atom. The van der Waals surface area contributed by atoms with Crippen LogP contribution in [-0.2, 0) is 28.5 Å². The summed E-state index contributed by atoms with van der Waals surface area (Å²) in [4.78, 5) is 24.1. The number of carbonyl (C=O) groups is 2. The largest absolute Gasteiger partial charge is 0.399 e. The minimum Gasteiger partial charge on any atom is -0.399 e. The maximum absolute atomic E-state index is 12.2. The van der Waals surface area contributed by atoms with Crippen molar-refractivity contribution >= 4 is 23.6 Å². The zero-order valence-corrected chi connectivity index (χ0v) is 35.9. The number of nitrogens with one attached hydrogen (secondary N) is 2. The number of thioether (sulfide) groups is 1. The second kappa shape index (κ2) is 38.1. The number of ether oxygens (including phenoxy) is 4. The molecular weight excluding hydrogens is 751 g/mol. The Morgan fingerprint density at radius 2 is 1.30 bits per heavy atom. The Balaban J connectivity index is 1.85. The molecule has 1 rings (SSSR count). The van der Waals surface area contributed by atoms with Gasteiger partial charge in [-0.05, 0) is 19.3 Å². The van der Waals surface area contributed by atoms with E-state index in [1.54, 1.807) is 6.20 Å². The van der Waals surface area contributed by atoms with Gasteiger partial charge in [0, 0.05) is 49.2 Å². The Labute approximate surface area is 348 Å². The van der Waals surface area contributed by atoms with Crippen LogP contribution in [0.4, 0.5) is 0 Å². The topological polar surface area (TPSA) is 211 Å². The molecule has 0 bridgehead atoms. The van der Waals surface area contributed by atoms with E-state index in [9.17, 15) is 19.8 Å². The molecule has 0 saturated carbocycles. The van der Waals surface area contributed by atoms with Crippen LogP contribution in [0.5, 0.6) is 0 Å². The summed E-state index contributed by atoms with van der Waals surface area (Å²) in [5.74, 6) is 13.5. The highest BCUT2D eigenvalue weighted by Crippen LogP contribution is 2.24. The van der Waals surface area contributed by atoms with Crippen LogP contribution in [0.3, 0.4) is 0 Å². The van der Waals surface area contributed by atoms with Gasteiger partial charge in [-0.25, -0.2) is 5.84 Å². The molecule has 1 heterocycles. The first-order chi connectivity index (χ1) is 27.8. The van der Waals surface area contributed by atoms with Crippen molar-refractivity contribution in [1.82, 2.24) is 15.6 Å². The van der Waals surface area contributed by atoms with Crippen molar-refractivity contribution in [3.05, 3.63) is 11.9 Å². The Hall–Kier alpha value is -2.13. The van der Waals surface area contributed by atoms with Gasteiger partial charge in [0.25, 0.3) is 0 Å². The summed E-state index contributed by atoms with van der Waals surface area (Å²) < 4.78 is 21.7. The Morgan fingerprint density at radius 1 is 0.754 bits per heavy atom. The number of nitrogens with two attached hydrogens (primary N) is 2. The number of aliphatic hydroxyl groups excluding tert-OH is 3. The maximum Gasteiger partial charge on any atom is 0.246 e. The summed E-state index contributed by atoms with van der Waals surface area (Å²) in [7, 11) is 0. The first-order valence-corrected chi connectivity index (χ1v) is 22.8. The minimum atomic E-state index is -1.09. The molecule has 0 aromatic rings. The number of hydrogen-bond acceptors (Lipinski definition) is 13. The third-order valence-electron chi connectivity index (χ3n) is 9.52. The number of carbonyl (C=O) groups excluding carboxylic acids is 2. The predicted octanol–water partition coefficient (Wildman–Crippen LogP) is 3.89. The lowest BCUT2D eigenvalue weighted by Gasteiger charge is -2.15. The van der Waals surface area contributed by atoms with E-state index in [2.05, 4.69) is 29.4 Å². The van der Waals surface area contributed by atoms with Gasteiger partial charge in [0.1, 0.15) is 24.9 Å². The molecule has 0 aliphatic carbocycles. The monoisotopic (exact) mass is 830 g/mol. The molecule has 2 amide bonds. The number of hydrazine groups is 1. The van der Waals surface area contributed by atoms with Crippen molar-refractivity contribution < 1.29 is 43.9 Å². The normalized spacial score (nSPS) is 18.0. The predicted molar refractivity (Wildman–Crippen MR) is 228 cm³/mol. The highest BCUT2D eigenvalue weighted by atomic mass is 32.2. The van der Waals surface area contributed by atoms with Crippen LogP contribution in [0.25, 0.3) is 0 Å². The smallest absolute Gasteiger partial charge is 0.246 e. The SMILES string of the molecule is CCCCCCCCCCCCC#CCCCCCCCCC(=O)NC/C(N)=C/N(N)CCOCCOCCOCC(=O)NCCSCC1OC(CO)C(O)C1O. The molecular formula is C42H79N5O9S. The van der Waals surface area contributed by atoms with Gasteiger partial charge in [-0.15, -0.1) is 11.8 Å². The summed E-state index contributed by atoms with van der Waals surface area (Å²) in [6, 6.07) is 0. The molecule has 0 spiro atoms. The van der Waals surface area contributed by atoms with Crippen molar-refractivity contribution in [1.29, 1.82) is 0 Å². The molecule has 14 nitrogen and oxygen atoms in total. The maximum atomic E-state index is 12.2. The van der Waals surface area contributed by atoms with E-state index in [1.807, 2.05) is 0 Å². The average molecular weight is 830 g/mol. The van der Waals surface area contributed by atoms with Gasteiger partial charge in [-0.3, -0.25) is 9.59 Å². The van der Waals surface area contributed by atoms with Crippen molar-refractivity contribution in [2.45, 2.75) is 153 Å². The lowest BCUT2D eigenvalue weighted by Crippen LogP contribution is -2.34. The first-order valence-electron chi connectivity index (χ1n) is 21.7. The highest BCUT2D eigenvalue weighted by Gasteiger charge is 2.41. The van der Waals surface area contributed by atoms with E-state index in [0.717, 1.165) is 38.5 Å². The van der Waals surface area contributed by atoms with E-state index in [-0.39, 0.29) is 38.2 Å². The second-order valence-electron chi connectivity index (χ2n) is 14.7. The zero-order valence-electron chi connectivity index (χ0n) is 35.1.